The molecule has 0 atom stereocenters. The number of halogens is 3. The van der Waals surface area contributed by atoms with Crippen LogP contribution in [-0.4, -0.2) is 27.6 Å². The number of aromatic nitrogens is 2. The maximum absolute atomic E-state index is 12.6. The fourth-order valence-electron chi connectivity index (χ4n) is 1.73. The zero-order valence-corrected chi connectivity index (χ0v) is 12.6. The van der Waals surface area contributed by atoms with Crippen LogP contribution in [-0.2, 0) is 11.0 Å². The average Bonchev–Trinajstić information content (AvgIpc) is 2.99. The lowest BCUT2D eigenvalue weighted by atomic mass is 10.1. The van der Waals surface area contributed by atoms with Crippen LogP contribution >= 0.6 is 11.3 Å². The summed E-state index contributed by atoms with van der Waals surface area (Å²) < 4.78 is 37.8. The third-order valence-electron chi connectivity index (χ3n) is 2.80. The van der Waals surface area contributed by atoms with Gasteiger partial charge in [-0.1, -0.05) is 11.3 Å². The van der Waals surface area contributed by atoms with Gasteiger partial charge in [0.25, 0.3) is 5.69 Å². The number of nitrogens with one attached hydrogen (secondary N) is 2. The Morgan fingerprint density at radius 3 is 2.71 bits per heavy atom. The monoisotopic (exact) mass is 361 g/mol. The number of hydrogen-bond acceptors (Lipinski definition) is 7. The van der Waals surface area contributed by atoms with Crippen molar-refractivity contribution in [2.75, 3.05) is 17.2 Å². The molecule has 1 aromatic heterocycles. The van der Waals surface area contributed by atoms with Crippen LogP contribution in [0.25, 0.3) is 0 Å². The molecule has 0 bridgehead atoms. The minimum absolute atomic E-state index is 0.00313. The van der Waals surface area contributed by atoms with E-state index in [2.05, 4.69) is 20.8 Å². The summed E-state index contributed by atoms with van der Waals surface area (Å²) >= 11 is 1.12. The Labute approximate surface area is 136 Å². The van der Waals surface area contributed by atoms with Gasteiger partial charge in [0.05, 0.1) is 10.5 Å². The van der Waals surface area contributed by atoms with E-state index in [-0.39, 0.29) is 18.7 Å². The lowest BCUT2D eigenvalue weighted by molar-refractivity contribution is -0.384. The van der Waals surface area contributed by atoms with E-state index in [9.17, 15) is 28.1 Å². The van der Waals surface area contributed by atoms with Crippen molar-refractivity contribution in [1.29, 1.82) is 0 Å². The number of benzene rings is 1. The first-order valence-electron chi connectivity index (χ1n) is 6.43. The van der Waals surface area contributed by atoms with Gasteiger partial charge in [0, 0.05) is 19.0 Å². The maximum atomic E-state index is 12.6. The number of nitro benzene ring substituents is 1. The van der Waals surface area contributed by atoms with Gasteiger partial charge in [-0.3, -0.25) is 14.9 Å². The molecule has 0 unspecified atom stereocenters. The predicted octanol–water partition coefficient (Wildman–Crippen LogP) is 2.91. The van der Waals surface area contributed by atoms with Gasteiger partial charge in [0.15, 0.2) is 0 Å². The van der Waals surface area contributed by atoms with E-state index in [1.807, 2.05) is 0 Å². The minimum Gasteiger partial charge on any atom is -0.379 e. The van der Waals surface area contributed by atoms with Crippen molar-refractivity contribution in [2.45, 2.75) is 12.6 Å². The van der Waals surface area contributed by atoms with Crippen molar-refractivity contribution in [3.05, 3.63) is 39.4 Å². The summed E-state index contributed by atoms with van der Waals surface area (Å²) in [4.78, 5) is 21.6. The van der Waals surface area contributed by atoms with Gasteiger partial charge in [-0.05, 0) is 12.1 Å². The van der Waals surface area contributed by atoms with E-state index >= 15 is 0 Å². The van der Waals surface area contributed by atoms with Crippen molar-refractivity contribution in [3.63, 3.8) is 0 Å². The van der Waals surface area contributed by atoms with Gasteiger partial charge in [0.1, 0.15) is 11.2 Å². The highest BCUT2D eigenvalue weighted by molar-refractivity contribution is 7.13. The molecule has 12 heteroatoms. The number of anilines is 2. The Bertz CT molecular complexity index is 736. The van der Waals surface area contributed by atoms with E-state index in [0.29, 0.717) is 11.2 Å². The topological polar surface area (TPSA) is 110 Å². The molecule has 0 saturated carbocycles. The zero-order chi connectivity index (χ0) is 17.7. The number of carbonyl (C=O) groups is 1. The smallest absolute Gasteiger partial charge is 0.379 e. The number of nitrogens with zero attached hydrogens (tertiary/aromatic N) is 3. The molecule has 8 nitrogen and oxygen atoms in total. The van der Waals surface area contributed by atoms with Crippen LogP contribution in [0.5, 0.6) is 0 Å². The molecule has 0 fully saturated rings. The first-order chi connectivity index (χ1) is 11.3. The first-order valence-corrected chi connectivity index (χ1v) is 7.31. The fraction of sp³-hybridized carbons (Fsp3) is 0.250. The average molecular weight is 361 g/mol. The number of alkyl halides is 3. The number of carbonyl (C=O) groups excluding carboxylic acids is 1. The maximum Gasteiger partial charge on any atom is 0.416 e. The Balaban J connectivity index is 1.99. The first kappa shape index (κ1) is 17.6. The van der Waals surface area contributed by atoms with E-state index < -0.39 is 28.3 Å². The van der Waals surface area contributed by atoms with Crippen LogP contribution in [0.1, 0.15) is 12.0 Å². The third-order valence-corrected chi connectivity index (χ3v) is 3.40. The summed E-state index contributed by atoms with van der Waals surface area (Å²) in [6, 6.07) is 2.14. The summed E-state index contributed by atoms with van der Waals surface area (Å²) in [7, 11) is 0. The number of nitro groups is 1. The molecule has 2 rings (SSSR count). The molecule has 0 aliphatic rings. The second-order valence-corrected chi connectivity index (χ2v) is 5.29. The molecule has 24 heavy (non-hydrogen) atoms. The normalized spacial score (nSPS) is 11.1. The van der Waals surface area contributed by atoms with E-state index in [4.69, 9.17) is 0 Å². The molecular formula is C12H10F3N5O3S. The predicted molar refractivity (Wildman–Crippen MR) is 79.7 cm³/mol. The molecule has 128 valence electrons. The van der Waals surface area contributed by atoms with Gasteiger partial charge in [-0.2, -0.15) is 13.2 Å². The minimum atomic E-state index is -4.68. The zero-order valence-electron chi connectivity index (χ0n) is 11.8. The van der Waals surface area contributed by atoms with Crippen molar-refractivity contribution in [1.82, 2.24) is 10.2 Å². The molecule has 0 radical (unpaired) electrons. The highest BCUT2D eigenvalue weighted by Crippen LogP contribution is 2.34. The molecule has 0 spiro atoms. The van der Waals surface area contributed by atoms with Crippen LogP contribution in [0.4, 0.5) is 29.7 Å². The van der Waals surface area contributed by atoms with Gasteiger partial charge >= 0.3 is 6.18 Å². The van der Waals surface area contributed by atoms with Crippen molar-refractivity contribution in [2.24, 2.45) is 0 Å². The van der Waals surface area contributed by atoms with Crippen LogP contribution in [0.2, 0.25) is 0 Å². The molecule has 2 N–H and O–H groups in total. The van der Waals surface area contributed by atoms with E-state index in [0.717, 1.165) is 23.5 Å². The van der Waals surface area contributed by atoms with E-state index in [1.54, 1.807) is 0 Å². The van der Waals surface area contributed by atoms with E-state index in [1.165, 1.54) is 5.51 Å². The molecule has 0 saturated heterocycles. The second-order valence-electron chi connectivity index (χ2n) is 4.46. The molecule has 1 aromatic carbocycles. The quantitative estimate of drug-likeness (QED) is 0.605. The Morgan fingerprint density at radius 2 is 2.12 bits per heavy atom. The van der Waals surface area contributed by atoms with Crippen molar-refractivity contribution < 1.29 is 22.9 Å². The second kappa shape index (κ2) is 7.21. The summed E-state index contributed by atoms with van der Waals surface area (Å²) in [6.07, 6.45) is -4.73. The molecule has 2 aromatic rings. The Kier molecular flexibility index (Phi) is 5.28. The molecule has 0 aliphatic heterocycles. The van der Waals surface area contributed by atoms with Crippen LogP contribution in [0.15, 0.2) is 23.7 Å². The summed E-state index contributed by atoms with van der Waals surface area (Å²) in [5.41, 5.74) is -0.501. The van der Waals surface area contributed by atoms with Gasteiger partial charge in [-0.15, -0.1) is 10.2 Å². The highest BCUT2D eigenvalue weighted by atomic mass is 32.1. The summed E-state index contributed by atoms with van der Waals surface area (Å²) in [5, 5.41) is 23.4. The highest BCUT2D eigenvalue weighted by Gasteiger charge is 2.33. The fourth-order valence-corrected chi connectivity index (χ4v) is 2.19. The Morgan fingerprint density at radius 1 is 1.38 bits per heavy atom. The number of rotatable bonds is 6. The lowest BCUT2D eigenvalue weighted by Gasteiger charge is -2.10. The largest absolute Gasteiger partial charge is 0.416 e. The van der Waals surface area contributed by atoms with Crippen LogP contribution < -0.4 is 10.6 Å². The number of hydrogen-bond donors (Lipinski definition) is 2. The van der Waals surface area contributed by atoms with Crippen LogP contribution in [0, 0.1) is 10.1 Å². The summed E-state index contributed by atoms with van der Waals surface area (Å²) in [5.74, 6) is -0.409. The van der Waals surface area contributed by atoms with Gasteiger partial charge in [-0.25, -0.2) is 0 Å². The lowest BCUT2D eigenvalue weighted by Crippen LogP contribution is -2.16. The van der Waals surface area contributed by atoms with Gasteiger partial charge < -0.3 is 10.6 Å². The Hall–Kier alpha value is -2.76. The molecule has 1 heterocycles. The SMILES string of the molecule is O=C(CCNc1ccc(C(F)(F)F)cc1[N+](=O)[O-])Nc1nncs1. The van der Waals surface area contributed by atoms with Crippen molar-refractivity contribution in [3.8, 4) is 0 Å². The van der Waals surface area contributed by atoms with Crippen LogP contribution in [0.3, 0.4) is 0 Å². The molecule has 0 aliphatic carbocycles. The van der Waals surface area contributed by atoms with Crippen molar-refractivity contribution >= 4 is 33.8 Å². The third kappa shape index (κ3) is 4.62. The molecular weight excluding hydrogens is 351 g/mol. The molecule has 1 amide bonds. The summed E-state index contributed by atoms with van der Waals surface area (Å²) in [6.45, 7) is -0.00313. The standard InChI is InChI=1S/C12H10F3N5O3S/c13-12(14,15)7-1-2-8(9(5-7)20(22)23)16-4-3-10(21)18-11-19-17-6-24-11/h1-2,5-6,16H,3-4H2,(H,18,19,21). The van der Waals surface area contributed by atoms with Gasteiger partial charge in [0.2, 0.25) is 11.0 Å². The number of amides is 1.